The summed E-state index contributed by atoms with van der Waals surface area (Å²) in [6, 6.07) is 5.46. The molecule has 1 saturated heterocycles. The second-order valence-electron chi connectivity index (χ2n) is 6.01. The molecule has 128 valence electrons. The van der Waals surface area contributed by atoms with Gasteiger partial charge in [-0.15, -0.1) is 0 Å². The number of likely N-dealkylation sites (tertiary alicyclic amines) is 1. The third-order valence-electron chi connectivity index (χ3n) is 4.00. The number of nitrogens with zero attached hydrogens (tertiary/aromatic N) is 5. The van der Waals surface area contributed by atoms with E-state index in [0.29, 0.717) is 24.0 Å². The van der Waals surface area contributed by atoms with E-state index >= 15 is 0 Å². The van der Waals surface area contributed by atoms with Crippen molar-refractivity contribution in [2.45, 2.75) is 25.5 Å². The lowest BCUT2D eigenvalue weighted by Crippen LogP contribution is -2.44. The Labute approximate surface area is 140 Å². The number of rotatable bonds is 5. The van der Waals surface area contributed by atoms with E-state index < -0.39 is 0 Å². The summed E-state index contributed by atoms with van der Waals surface area (Å²) in [5.74, 6) is 0.734. The second kappa shape index (κ2) is 7.50. The van der Waals surface area contributed by atoms with Gasteiger partial charge in [0.15, 0.2) is 0 Å². The number of aliphatic hydroxyl groups is 1. The molecule has 1 amide bonds. The molecule has 0 radical (unpaired) electrons. The molecule has 3 rings (SSSR count). The van der Waals surface area contributed by atoms with Crippen molar-refractivity contribution in [1.29, 1.82) is 0 Å². The lowest BCUT2D eigenvalue weighted by atomic mass is 10.1. The van der Waals surface area contributed by atoms with Crippen molar-refractivity contribution in [3.8, 4) is 11.5 Å². The lowest BCUT2D eigenvalue weighted by Gasteiger charge is -2.30. The van der Waals surface area contributed by atoms with Crippen molar-refractivity contribution in [2.24, 2.45) is 0 Å². The molecule has 0 unspecified atom stereocenters. The summed E-state index contributed by atoms with van der Waals surface area (Å²) in [4.78, 5) is 24.3. The van der Waals surface area contributed by atoms with Gasteiger partial charge in [0, 0.05) is 19.8 Å². The van der Waals surface area contributed by atoms with Crippen LogP contribution in [0, 0.1) is 0 Å². The number of β-amino-alcohol motifs (C(OH)–C–C–N with tert-alkyl or cyclic N) is 1. The van der Waals surface area contributed by atoms with Crippen LogP contribution in [-0.2, 0) is 11.3 Å². The molecule has 1 atom stereocenters. The predicted molar refractivity (Wildman–Crippen MR) is 85.7 cm³/mol. The Morgan fingerprint density at radius 1 is 1.50 bits per heavy atom. The summed E-state index contributed by atoms with van der Waals surface area (Å²) in [5, 5.41) is 13.6. The number of carbonyl (C=O) groups is 1. The first-order chi connectivity index (χ1) is 11.6. The van der Waals surface area contributed by atoms with Crippen LogP contribution in [0.4, 0.5) is 0 Å². The molecule has 1 aliphatic heterocycles. The van der Waals surface area contributed by atoms with E-state index in [0.717, 1.165) is 19.4 Å². The molecule has 8 heteroatoms. The van der Waals surface area contributed by atoms with Crippen LogP contribution in [-0.4, -0.2) is 68.7 Å². The molecule has 0 saturated carbocycles. The Kier molecular flexibility index (Phi) is 5.17. The van der Waals surface area contributed by atoms with E-state index in [4.69, 9.17) is 4.52 Å². The highest BCUT2D eigenvalue weighted by Gasteiger charge is 2.22. The first kappa shape index (κ1) is 16.5. The Bertz CT molecular complexity index is 675. The minimum absolute atomic E-state index is 0.0401. The number of pyridine rings is 1. The molecular weight excluding hydrogens is 310 g/mol. The van der Waals surface area contributed by atoms with E-state index in [-0.39, 0.29) is 25.1 Å². The average Bonchev–Trinajstić information content (AvgIpc) is 3.04. The molecule has 1 fully saturated rings. The fourth-order valence-electron chi connectivity index (χ4n) is 2.70. The first-order valence-electron chi connectivity index (χ1n) is 8.00. The predicted octanol–water partition coefficient (Wildman–Crippen LogP) is 0.547. The third kappa shape index (κ3) is 4.15. The van der Waals surface area contributed by atoms with Gasteiger partial charge in [0.25, 0.3) is 0 Å². The van der Waals surface area contributed by atoms with Crippen LogP contribution in [0.25, 0.3) is 11.5 Å². The molecule has 1 aliphatic rings. The molecule has 2 aromatic rings. The van der Waals surface area contributed by atoms with Crippen molar-refractivity contribution in [3.63, 3.8) is 0 Å². The van der Waals surface area contributed by atoms with Crippen LogP contribution >= 0.6 is 0 Å². The summed E-state index contributed by atoms with van der Waals surface area (Å²) in [5.41, 5.74) is 0.629. The van der Waals surface area contributed by atoms with Crippen molar-refractivity contribution >= 4 is 5.91 Å². The van der Waals surface area contributed by atoms with Crippen LogP contribution in [0.2, 0.25) is 0 Å². The quantitative estimate of drug-likeness (QED) is 0.854. The first-order valence-corrected chi connectivity index (χ1v) is 8.00. The van der Waals surface area contributed by atoms with Crippen LogP contribution in [0.1, 0.15) is 18.7 Å². The number of likely N-dealkylation sites (N-methyl/N-ethyl adjacent to an activating group) is 1. The molecule has 0 spiro atoms. The monoisotopic (exact) mass is 331 g/mol. The van der Waals surface area contributed by atoms with Gasteiger partial charge in [0.1, 0.15) is 5.69 Å². The van der Waals surface area contributed by atoms with Gasteiger partial charge in [0.2, 0.25) is 17.6 Å². The zero-order valence-corrected chi connectivity index (χ0v) is 13.6. The maximum Gasteiger partial charge on any atom is 0.246 e. The standard InChI is InChI=1S/C16H21N5O3/c1-20(15(23)11-21-8-4-5-12(22)9-21)10-14-18-16(19-24-14)13-6-2-3-7-17-13/h2-3,6-7,12,22H,4-5,8-11H2,1H3/t12-/m1/s1. The highest BCUT2D eigenvalue weighted by Crippen LogP contribution is 2.13. The van der Waals surface area contributed by atoms with Gasteiger partial charge in [-0.1, -0.05) is 11.2 Å². The van der Waals surface area contributed by atoms with Crippen LogP contribution in [0.3, 0.4) is 0 Å². The molecule has 2 aromatic heterocycles. The zero-order valence-electron chi connectivity index (χ0n) is 13.6. The van der Waals surface area contributed by atoms with Gasteiger partial charge in [-0.2, -0.15) is 4.98 Å². The number of aromatic nitrogens is 3. The molecule has 8 nitrogen and oxygen atoms in total. The number of hydrogen-bond donors (Lipinski definition) is 1. The van der Waals surface area contributed by atoms with Crippen molar-refractivity contribution in [3.05, 3.63) is 30.3 Å². The summed E-state index contributed by atoms with van der Waals surface area (Å²) in [7, 11) is 1.70. The smallest absolute Gasteiger partial charge is 0.246 e. The Morgan fingerprint density at radius 3 is 3.12 bits per heavy atom. The van der Waals surface area contributed by atoms with Crippen molar-refractivity contribution < 1.29 is 14.4 Å². The lowest BCUT2D eigenvalue weighted by molar-refractivity contribution is -0.132. The molecule has 3 heterocycles. The summed E-state index contributed by atoms with van der Waals surface area (Å²) in [6.07, 6.45) is 3.04. The Morgan fingerprint density at radius 2 is 2.38 bits per heavy atom. The largest absolute Gasteiger partial charge is 0.392 e. The highest BCUT2D eigenvalue weighted by atomic mass is 16.5. The van der Waals surface area contributed by atoms with E-state index in [1.807, 2.05) is 17.0 Å². The number of carbonyl (C=O) groups excluding carboxylic acids is 1. The van der Waals surface area contributed by atoms with Gasteiger partial charge in [-0.3, -0.25) is 14.7 Å². The normalized spacial score (nSPS) is 18.5. The second-order valence-corrected chi connectivity index (χ2v) is 6.01. The van der Waals surface area contributed by atoms with Gasteiger partial charge in [0.05, 0.1) is 19.2 Å². The van der Waals surface area contributed by atoms with Gasteiger partial charge in [-0.05, 0) is 31.5 Å². The fraction of sp³-hybridized carbons (Fsp3) is 0.500. The maximum atomic E-state index is 12.3. The average molecular weight is 331 g/mol. The summed E-state index contributed by atoms with van der Waals surface area (Å²) < 4.78 is 5.20. The third-order valence-corrected chi connectivity index (χ3v) is 4.00. The SMILES string of the molecule is CN(Cc1nc(-c2ccccn2)no1)C(=O)CN1CCC[C@@H](O)C1. The number of hydrogen-bond acceptors (Lipinski definition) is 7. The van der Waals surface area contributed by atoms with E-state index in [1.54, 1.807) is 24.2 Å². The van der Waals surface area contributed by atoms with Crippen LogP contribution in [0.5, 0.6) is 0 Å². The maximum absolute atomic E-state index is 12.3. The van der Waals surface area contributed by atoms with E-state index in [1.165, 1.54) is 0 Å². The van der Waals surface area contributed by atoms with Crippen LogP contribution in [0.15, 0.2) is 28.9 Å². The summed E-state index contributed by atoms with van der Waals surface area (Å²) in [6.45, 7) is 1.91. The number of piperidine rings is 1. The van der Waals surface area contributed by atoms with Crippen molar-refractivity contribution in [1.82, 2.24) is 24.9 Å². The van der Waals surface area contributed by atoms with Gasteiger partial charge < -0.3 is 14.5 Å². The van der Waals surface area contributed by atoms with E-state index in [2.05, 4.69) is 15.1 Å². The summed E-state index contributed by atoms with van der Waals surface area (Å²) >= 11 is 0. The van der Waals surface area contributed by atoms with E-state index in [9.17, 15) is 9.90 Å². The number of amides is 1. The molecular formula is C16H21N5O3. The van der Waals surface area contributed by atoms with Gasteiger partial charge in [-0.25, -0.2) is 0 Å². The Hall–Kier alpha value is -2.32. The molecule has 0 aromatic carbocycles. The van der Waals surface area contributed by atoms with Crippen LogP contribution < -0.4 is 0 Å². The highest BCUT2D eigenvalue weighted by molar-refractivity contribution is 5.77. The molecule has 1 N–H and O–H groups in total. The number of aliphatic hydroxyl groups excluding tert-OH is 1. The Balaban J connectivity index is 1.55. The molecule has 0 bridgehead atoms. The molecule has 0 aliphatic carbocycles. The topological polar surface area (TPSA) is 95.6 Å². The van der Waals surface area contributed by atoms with Gasteiger partial charge >= 0.3 is 0 Å². The fourth-order valence-corrected chi connectivity index (χ4v) is 2.70. The zero-order chi connectivity index (χ0) is 16.9. The minimum atomic E-state index is -0.339. The van der Waals surface area contributed by atoms with Crippen molar-refractivity contribution in [2.75, 3.05) is 26.7 Å². The minimum Gasteiger partial charge on any atom is -0.392 e. The molecule has 24 heavy (non-hydrogen) atoms.